The molecule has 2 rings (SSSR count). The molecule has 0 fully saturated rings. The second-order valence-electron chi connectivity index (χ2n) is 3.43. The van der Waals surface area contributed by atoms with Gasteiger partial charge in [-0.1, -0.05) is 13.8 Å². The largest absolute Gasteiger partial charge is 0.237 e. The van der Waals surface area contributed by atoms with Crippen LogP contribution in [0.1, 0.15) is 25.3 Å². The van der Waals surface area contributed by atoms with Crippen LogP contribution in [0.2, 0.25) is 0 Å². The van der Waals surface area contributed by atoms with Crippen LogP contribution in [0.5, 0.6) is 0 Å². The van der Waals surface area contributed by atoms with E-state index in [-0.39, 0.29) is 0 Å². The van der Waals surface area contributed by atoms with Gasteiger partial charge in [0.15, 0.2) is 5.65 Å². The van der Waals surface area contributed by atoms with Gasteiger partial charge in [0.05, 0.1) is 0 Å². The van der Waals surface area contributed by atoms with E-state index >= 15 is 0 Å². The third kappa shape index (κ3) is 1.39. The molecule has 2 heteroatoms. The lowest BCUT2D eigenvalue weighted by Crippen LogP contribution is -1.92. The molecule has 2 nitrogen and oxygen atoms in total. The van der Waals surface area contributed by atoms with Crippen molar-refractivity contribution in [2.75, 3.05) is 0 Å². The molecule has 0 saturated carbocycles. The summed E-state index contributed by atoms with van der Waals surface area (Å²) >= 11 is 0. The molecule has 66 valence electrons. The number of hydrogen-bond acceptors (Lipinski definition) is 2. The van der Waals surface area contributed by atoms with Gasteiger partial charge in [0.1, 0.15) is 0 Å². The summed E-state index contributed by atoms with van der Waals surface area (Å²) in [5.41, 5.74) is 2.16. The van der Waals surface area contributed by atoms with Crippen LogP contribution in [0.15, 0.2) is 30.6 Å². The Morgan fingerprint density at radius 3 is 2.62 bits per heavy atom. The molecular weight excluding hydrogens is 160 g/mol. The summed E-state index contributed by atoms with van der Waals surface area (Å²) in [6.07, 6.45) is 3.60. The standard InChI is InChI=1S/C11H12N2/c1-8(2)9-5-7-13-11-10(9)4-3-6-12-11/h3-8H,1-2H3. The van der Waals surface area contributed by atoms with Crippen LogP contribution in [0.4, 0.5) is 0 Å². The molecule has 0 amide bonds. The number of pyridine rings is 2. The first-order chi connectivity index (χ1) is 6.29. The van der Waals surface area contributed by atoms with E-state index in [0.29, 0.717) is 5.92 Å². The first kappa shape index (κ1) is 8.17. The molecule has 0 aliphatic carbocycles. The summed E-state index contributed by atoms with van der Waals surface area (Å²) < 4.78 is 0. The van der Waals surface area contributed by atoms with Crippen LogP contribution in [-0.2, 0) is 0 Å². The predicted molar refractivity (Wildman–Crippen MR) is 53.6 cm³/mol. The quantitative estimate of drug-likeness (QED) is 0.661. The molecular formula is C11H12N2. The summed E-state index contributed by atoms with van der Waals surface area (Å²) in [4.78, 5) is 8.43. The highest BCUT2D eigenvalue weighted by Gasteiger charge is 2.04. The average molecular weight is 172 g/mol. The van der Waals surface area contributed by atoms with E-state index < -0.39 is 0 Å². The number of aromatic nitrogens is 2. The van der Waals surface area contributed by atoms with Crippen LogP contribution < -0.4 is 0 Å². The Bertz CT molecular complexity index is 416. The highest BCUT2D eigenvalue weighted by Crippen LogP contribution is 2.21. The fourth-order valence-corrected chi connectivity index (χ4v) is 1.51. The predicted octanol–water partition coefficient (Wildman–Crippen LogP) is 2.75. The van der Waals surface area contributed by atoms with Crippen molar-refractivity contribution in [2.24, 2.45) is 0 Å². The molecule has 13 heavy (non-hydrogen) atoms. The minimum atomic E-state index is 0.523. The zero-order valence-electron chi connectivity index (χ0n) is 7.86. The number of fused-ring (bicyclic) bond motifs is 1. The van der Waals surface area contributed by atoms with E-state index in [0.717, 1.165) is 5.65 Å². The Hall–Kier alpha value is -1.44. The zero-order chi connectivity index (χ0) is 9.26. The summed E-state index contributed by atoms with van der Waals surface area (Å²) in [7, 11) is 0. The molecule has 0 radical (unpaired) electrons. The van der Waals surface area contributed by atoms with Gasteiger partial charge in [0, 0.05) is 17.8 Å². The third-order valence-corrected chi connectivity index (χ3v) is 2.17. The van der Waals surface area contributed by atoms with Crippen molar-refractivity contribution in [1.82, 2.24) is 9.97 Å². The van der Waals surface area contributed by atoms with Gasteiger partial charge in [-0.05, 0) is 29.7 Å². The van der Waals surface area contributed by atoms with Crippen LogP contribution in [-0.4, -0.2) is 9.97 Å². The Morgan fingerprint density at radius 2 is 1.85 bits per heavy atom. The van der Waals surface area contributed by atoms with Crippen LogP contribution in [0.25, 0.3) is 11.0 Å². The summed E-state index contributed by atoms with van der Waals surface area (Å²) in [6.45, 7) is 4.36. The van der Waals surface area contributed by atoms with Crippen molar-refractivity contribution >= 4 is 11.0 Å². The molecule has 0 unspecified atom stereocenters. The Morgan fingerprint density at radius 1 is 1.08 bits per heavy atom. The fraction of sp³-hybridized carbons (Fsp3) is 0.273. The molecule has 0 spiro atoms. The molecule has 0 aliphatic heterocycles. The second kappa shape index (κ2) is 3.13. The van der Waals surface area contributed by atoms with Gasteiger partial charge in [0.2, 0.25) is 0 Å². The van der Waals surface area contributed by atoms with E-state index in [2.05, 4.69) is 35.9 Å². The van der Waals surface area contributed by atoms with Crippen molar-refractivity contribution in [3.63, 3.8) is 0 Å². The van der Waals surface area contributed by atoms with E-state index in [4.69, 9.17) is 0 Å². The SMILES string of the molecule is CC(C)c1ccnc2ncccc12. The first-order valence-electron chi connectivity index (χ1n) is 4.48. The molecule has 0 aromatic carbocycles. The molecule has 2 heterocycles. The monoisotopic (exact) mass is 172 g/mol. The van der Waals surface area contributed by atoms with E-state index in [1.807, 2.05) is 12.3 Å². The van der Waals surface area contributed by atoms with Gasteiger partial charge >= 0.3 is 0 Å². The second-order valence-corrected chi connectivity index (χ2v) is 3.43. The molecule has 0 N–H and O–H groups in total. The van der Waals surface area contributed by atoms with Gasteiger partial charge in [-0.15, -0.1) is 0 Å². The molecule has 0 bridgehead atoms. The van der Waals surface area contributed by atoms with E-state index in [1.54, 1.807) is 6.20 Å². The molecule has 0 saturated heterocycles. The Labute approximate surface area is 77.6 Å². The van der Waals surface area contributed by atoms with Crippen molar-refractivity contribution in [2.45, 2.75) is 19.8 Å². The maximum Gasteiger partial charge on any atom is 0.159 e. The van der Waals surface area contributed by atoms with Crippen LogP contribution >= 0.6 is 0 Å². The van der Waals surface area contributed by atoms with Gasteiger partial charge in [0.25, 0.3) is 0 Å². The average Bonchev–Trinajstić information content (AvgIpc) is 2.17. The lowest BCUT2D eigenvalue weighted by molar-refractivity contribution is 0.873. The Balaban J connectivity index is 2.76. The smallest absolute Gasteiger partial charge is 0.159 e. The van der Waals surface area contributed by atoms with Crippen molar-refractivity contribution in [3.8, 4) is 0 Å². The molecule has 0 aliphatic rings. The topological polar surface area (TPSA) is 25.8 Å². The molecule has 2 aromatic rings. The lowest BCUT2D eigenvalue weighted by Gasteiger charge is -2.07. The van der Waals surface area contributed by atoms with Crippen molar-refractivity contribution in [3.05, 3.63) is 36.2 Å². The van der Waals surface area contributed by atoms with Crippen LogP contribution in [0, 0.1) is 0 Å². The van der Waals surface area contributed by atoms with Crippen molar-refractivity contribution in [1.29, 1.82) is 0 Å². The summed E-state index contributed by atoms with van der Waals surface area (Å²) in [6, 6.07) is 6.09. The van der Waals surface area contributed by atoms with E-state index in [1.165, 1.54) is 10.9 Å². The first-order valence-corrected chi connectivity index (χ1v) is 4.48. The van der Waals surface area contributed by atoms with Gasteiger partial charge in [-0.3, -0.25) is 0 Å². The van der Waals surface area contributed by atoms with Gasteiger partial charge in [-0.2, -0.15) is 0 Å². The molecule has 0 atom stereocenters. The lowest BCUT2D eigenvalue weighted by atomic mass is 10.0. The van der Waals surface area contributed by atoms with Crippen molar-refractivity contribution < 1.29 is 0 Å². The van der Waals surface area contributed by atoms with Gasteiger partial charge in [-0.25, -0.2) is 9.97 Å². The fourth-order valence-electron chi connectivity index (χ4n) is 1.51. The molecule has 2 aromatic heterocycles. The zero-order valence-corrected chi connectivity index (χ0v) is 7.86. The highest BCUT2D eigenvalue weighted by molar-refractivity contribution is 5.78. The number of nitrogens with zero attached hydrogens (tertiary/aromatic N) is 2. The maximum absolute atomic E-state index is 4.21. The number of rotatable bonds is 1. The minimum absolute atomic E-state index is 0.523. The highest BCUT2D eigenvalue weighted by atomic mass is 14.8. The number of hydrogen-bond donors (Lipinski definition) is 0. The summed E-state index contributed by atoms with van der Waals surface area (Å²) in [5, 5.41) is 1.17. The van der Waals surface area contributed by atoms with Crippen LogP contribution in [0.3, 0.4) is 0 Å². The van der Waals surface area contributed by atoms with Gasteiger partial charge < -0.3 is 0 Å². The van der Waals surface area contributed by atoms with E-state index in [9.17, 15) is 0 Å². The third-order valence-electron chi connectivity index (χ3n) is 2.17. The minimum Gasteiger partial charge on any atom is -0.237 e. The normalized spacial score (nSPS) is 11.0. The summed E-state index contributed by atoms with van der Waals surface area (Å²) in [5.74, 6) is 0.523. The Kier molecular flexibility index (Phi) is 1.97. The maximum atomic E-state index is 4.21.